The van der Waals surface area contributed by atoms with Gasteiger partial charge in [0, 0.05) is 122 Å². The third-order valence-corrected chi connectivity index (χ3v) is 21.9. The summed E-state index contributed by atoms with van der Waals surface area (Å²) in [7, 11) is 1.96. The van der Waals surface area contributed by atoms with Gasteiger partial charge in [-0.05, 0) is 99.4 Å². The Balaban J connectivity index is 1.02. The van der Waals surface area contributed by atoms with E-state index >= 15 is 0 Å². The van der Waals surface area contributed by atoms with Gasteiger partial charge in [0.15, 0.2) is 40.5 Å². The Labute approximate surface area is 657 Å². The fourth-order valence-corrected chi connectivity index (χ4v) is 16.1. The molecule has 1 spiro atoms. The van der Waals surface area contributed by atoms with Crippen molar-refractivity contribution in [3.63, 3.8) is 0 Å². The van der Waals surface area contributed by atoms with Crippen LogP contribution in [0.25, 0.3) is 0 Å². The third-order valence-electron chi connectivity index (χ3n) is 18.5. The van der Waals surface area contributed by atoms with Crippen molar-refractivity contribution in [2.45, 2.75) is 120 Å². The lowest BCUT2D eigenvalue weighted by Crippen LogP contribution is -2.53. The summed E-state index contributed by atoms with van der Waals surface area (Å²) in [5, 5.41) is 47.3. The molecule has 604 valence electrons. The van der Waals surface area contributed by atoms with Crippen molar-refractivity contribution < 1.29 is 111 Å². The molecule has 33 nitrogen and oxygen atoms in total. The Morgan fingerprint density at radius 1 is 0.607 bits per heavy atom. The van der Waals surface area contributed by atoms with Gasteiger partial charge in [0.2, 0.25) is 35.4 Å². The second-order valence-corrected chi connectivity index (χ2v) is 30.7. The quantitative estimate of drug-likeness (QED) is 0.0107. The lowest BCUT2D eigenvalue weighted by atomic mass is 9.77. The zero-order chi connectivity index (χ0) is 80.7. The molecule has 7 amide bonds. The van der Waals surface area contributed by atoms with Gasteiger partial charge in [-0.25, -0.2) is 4.79 Å². The first-order valence-corrected chi connectivity index (χ1v) is 40.3. The number of phenolic OH excluding ortho intramolecular Hbond substituents is 2. The van der Waals surface area contributed by atoms with E-state index < -0.39 is 156 Å². The summed E-state index contributed by atoms with van der Waals surface area (Å²) in [5.41, 5.74) is 16.3. The number of amides is 7. The van der Waals surface area contributed by atoms with E-state index in [1.54, 1.807) is 30.3 Å². The second-order valence-electron chi connectivity index (χ2n) is 27.1. The molecule has 0 aliphatic carbocycles. The fourth-order valence-electron chi connectivity index (χ4n) is 12.8. The number of aromatic hydroxyl groups is 2. The number of thioether (sulfide) groups is 1. The smallest absolute Gasteiger partial charge is 0.340 e. The number of nitrogens with one attached hydrogen (secondary N) is 6. The minimum Gasteiger partial charge on any atom is -0.508 e. The summed E-state index contributed by atoms with van der Waals surface area (Å²) in [6.07, 6.45) is -1.64. The zero-order valence-electron chi connectivity index (χ0n) is 61.5. The molecular formula is C76H94N10O23S3. The van der Waals surface area contributed by atoms with E-state index in [-0.39, 0.29) is 198 Å². The maximum Gasteiger partial charge on any atom is 0.340 e. The summed E-state index contributed by atoms with van der Waals surface area (Å²) in [6, 6.07) is 16.0. The standard InChI is InChI=1S/C76H94N10O23S3/c77-66(94)39-107-38-51(89)12-7-23-104-25-27-106-28-26-105-24-8-14-61(91)58-40-110-43-67(95)83-57(13-4-5-21-80-69(98)46-15-18-53-56(31-46)76(109-74(53)103)54-19-16-49(87)35-64(54)108-65-36-50(88)17-20-55(65)76)73(102)86-60-42-112-111-41-59(63(93)33-47(71(100)84-58)29-44-9-2-1-3-10-44)85-72(101)48(34-68(96)97)30-52(90)37-82-70(99)45(32-62(60)92)11-6-22-81-75(78)79/h1-3,9-10,15-20,31,35-36,45,47-48,57-60,87-88H,4-8,11-14,21-30,32-34,37-43H2,(H2,77,94)(H,80,98)(H,82,99)(H,83,95)(H,84,100)(H,85,101)(H,86,102)(H,96,97)(H4,78,79,81)/t45-,47-,48+,57+,58+,59+,60+/m1/s1. The van der Waals surface area contributed by atoms with Gasteiger partial charge in [0.05, 0.1) is 74.8 Å². The van der Waals surface area contributed by atoms with Crippen LogP contribution in [0.5, 0.6) is 23.0 Å². The number of ketones is 5. The van der Waals surface area contributed by atoms with Gasteiger partial charge in [-0.15, -0.1) is 11.8 Å². The number of guanidine groups is 1. The molecule has 4 aromatic carbocycles. The Kier molecular flexibility index (Phi) is 34.7. The number of rotatable bonds is 33. The Morgan fingerprint density at radius 2 is 1.23 bits per heavy atom. The van der Waals surface area contributed by atoms with Crippen molar-refractivity contribution in [2.24, 2.45) is 39.9 Å². The number of aliphatic imine (C=N–C) groups is 1. The molecule has 0 unspecified atom stereocenters. The number of Topliss-reactive ketones (excluding diaryl/α,β-unsaturated/α-hetero) is 5. The van der Waals surface area contributed by atoms with Crippen LogP contribution in [0, 0.1) is 17.8 Å². The molecule has 4 aliphatic heterocycles. The predicted molar refractivity (Wildman–Crippen MR) is 410 cm³/mol. The summed E-state index contributed by atoms with van der Waals surface area (Å²) < 4.78 is 34.0. The molecule has 4 aromatic rings. The van der Waals surface area contributed by atoms with Gasteiger partial charge in [0.1, 0.15) is 42.3 Å². The number of hydrogen-bond donors (Lipinski definition) is 12. The molecule has 4 heterocycles. The molecule has 112 heavy (non-hydrogen) atoms. The summed E-state index contributed by atoms with van der Waals surface area (Å²) in [6.45, 7) is -0.106. The van der Waals surface area contributed by atoms with Crippen molar-refractivity contribution in [1.82, 2.24) is 31.9 Å². The number of carbonyl (C=O) groups is 14. The number of nitrogens with two attached hydrogens (primary N) is 3. The highest BCUT2D eigenvalue weighted by Crippen LogP contribution is 2.57. The molecule has 15 N–H and O–H groups in total. The molecular weight excluding hydrogens is 1520 g/mol. The SMILES string of the molecule is NC(=O)COCC(=O)CCCOCCOCCOCCCC(=O)[C@@H]1CSCC(=O)N[C@@H](CCCCNC(=O)c2ccc3c(c2)C2(OC3=O)c3ccc(O)cc3Oc3cc(O)ccc32)C(=O)N[C@H]2CSSC[C@H](NC(=O)[C@H](CC(=O)O)CC(=O)CNC(=O)[C@H](CCCN=C(N)N)CC2=O)C(=O)C[C@@H](Cc2ccccc2)C(=O)N1. The van der Waals surface area contributed by atoms with Crippen LogP contribution in [0.1, 0.15) is 126 Å². The number of fused-ring (bicyclic) bond motifs is 11. The van der Waals surface area contributed by atoms with Crippen molar-refractivity contribution in [3.05, 3.63) is 118 Å². The molecule has 2 saturated heterocycles. The molecule has 2 fully saturated rings. The number of unbranched alkanes of at least 4 members (excludes halogenated alkanes) is 1. The van der Waals surface area contributed by atoms with Crippen LogP contribution in [-0.2, 0) is 93.2 Å². The van der Waals surface area contributed by atoms with E-state index in [4.69, 9.17) is 45.6 Å². The number of aliphatic carboxylic acids is 1. The number of primary amides is 1. The van der Waals surface area contributed by atoms with E-state index in [9.17, 15) is 82.4 Å². The highest BCUT2D eigenvalue weighted by molar-refractivity contribution is 8.76. The van der Waals surface area contributed by atoms with Crippen LogP contribution >= 0.6 is 33.3 Å². The van der Waals surface area contributed by atoms with Gasteiger partial charge in [-0.1, -0.05) is 51.9 Å². The number of hydrogen-bond acceptors (Lipinski definition) is 26. The molecule has 0 aromatic heterocycles. The van der Waals surface area contributed by atoms with Crippen LogP contribution in [0.4, 0.5) is 0 Å². The highest BCUT2D eigenvalue weighted by Gasteiger charge is 2.54. The van der Waals surface area contributed by atoms with Crippen LogP contribution < -0.4 is 53.8 Å². The van der Waals surface area contributed by atoms with Crippen molar-refractivity contribution >= 4 is 122 Å². The van der Waals surface area contributed by atoms with Gasteiger partial charge in [0.25, 0.3) is 5.91 Å². The Hall–Kier alpha value is -9.98. The van der Waals surface area contributed by atoms with Crippen LogP contribution in [0.2, 0.25) is 0 Å². The molecule has 8 rings (SSSR count). The number of carboxylic acids is 1. The largest absolute Gasteiger partial charge is 0.508 e. The van der Waals surface area contributed by atoms with Gasteiger partial charge in [-0.3, -0.25) is 67.3 Å². The van der Waals surface area contributed by atoms with E-state index in [0.717, 1.165) is 33.3 Å². The Morgan fingerprint density at radius 3 is 1.88 bits per heavy atom. The van der Waals surface area contributed by atoms with E-state index in [1.807, 2.05) is 0 Å². The third kappa shape index (κ3) is 26.9. The number of carboxylic acid groups (broad SMARTS) is 1. The van der Waals surface area contributed by atoms with Gasteiger partial charge >= 0.3 is 11.9 Å². The van der Waals surface area contributed by atoms with Gasteiger partial charge in [-0.2, -0.15) is 0 Å². The number of ether oxygens (including phenoxy) is 6. The first-order chi connectivity index (χ1) is 53.8. The van der Waals surface area contributed by atoms with Crippen LogP contribution in [0.3, 0.4) is 0 Å². The number of carbonyl (C=O) groups excluding carboxylic acids is 13. The lowest BCUT2D eigenvalue weighted by Gasteiger charge is -2.36. The first-order valence-electron chi connectivity index (χ1n) is 36.6. The van der Waals surface area contributed by atoms with Gasteiger partial charge < -0.3 is 92.8 Å². The lowest BCUT2D eigenvalue weighted by molar-refractivity contribution is -0.142. The molecule has 0 saturated carbocycles. The van der Waals surface area contributed by atoms with Crippen LogP contribution in [0.15, 0.2) is 89.9 Å². The van der Waals surface area contributed by atoms with Crippen LogP contribution in [-0.4, -0.2) is 223 Å². The average molecular weight is 1610 g/mol. The fraction of sp³-hybridized carbons (Fsp3) is 0.487. The minimum absolute atomic E-state index is 0.00276. The molecule has 0 radical (unpaired) electrons. The normalized spacial score (nSPS) is 20.6. The Bertz CT molecular complexity index is 4040. The molecule has 7 atom stereocenters. The number of nitrogens with zero attached hydrogens (tertiary/aromatic N) is 1. The number of benzene rings is 4. The highest BCUT2D eigenvalue weighted by atomic mass is 33.1. The predicted octanol–water partition coefficient (Wildman–Crippen LogP) is 2.51. The van der Waals surface area contributed by atoms with E-state index in [2.05, 4.69) is 36.9 Å². The minimum atomic E-state index is -1.67. The maximum atomic E-state index is 14.9. The molecule has 2 bridgehead atoms. The second kappa shape index (κ2) is 44.3. The average Bonchev–Trinajstić information content (AvgIpc) is 1.50. The van der Waals surface area contributed by atoms with E-state index in [0.29, 0.717) is 23.1 Å². The van der Waals surface area contributed by atoms with E-state index in [1.165, 1.54) is 54.6 Å². The summed E-state index contributed by atoms with van der Waals surface area (Å²) in [4.78, 5) is 197. The first kappa shape index (κ1) is 87.6. The zero-order valence-corrected chi connectivity index (χ0v) is 64.0. The topological polar surface area (TPSA) is 518 Å². The number of phenols is 2. The number of esters is 1. The summed E-state index contributed by atoms with van der Waals surface area (Å²) in [5.74, 6) is -15.6. The maximum absolute atomic E-state index is 14.9. The molecule has 4 aliphatic rings. The summed E-state index contributed by atoms with van der Waals surface area (Å²) >= 11 is 0.942. The van der Waals surface area contributed by atoms with Crippen molar-refractivity contribution in [1.29, 1.82) is 0 Å². The van der Waals surface area contributed by atoms with Crippen molar-refractivity contribution in [3.8, 4) is 23.0 Å². The monoisotopic (exact) mass is 1610 g/mol. The van der Waals surface area contributed by atoms with Crippen molar-refractivity contribution in [2.75, 3.05) is 95.5 Å². The molecule has 36 heteroatoms.